The molecule has 0 aliphatic heterocycles. The quantitative estimate of drug-likeness (QED) is 0.530. The Balaban J connectivity index is 3.52. The molecule has 1 amide bonds. The van der Waals surface area contributed by atoms with Crippen molar-refractivity contribution in [1.29, 1.82) is 0 Å². The van der Waals surface area contributed by atoms with E-state index in [-0.39, 0.29) is 0 Å². The maximum absolute atomic E-state index is 9.93. The van der Waals surface area contributed by atoms with E-state index in [4.69, 9.17) is 0 Å². The van der Waals surface area contributed by atoms with Gasteiger partial charge in [0.25, 0.3) is 0 Å². The molecule has 0 saturated heterocycles. The van der Waals surface area contributed by atoms with Crippen LogP contribution in [0.25, 0.3) is 0 Å². The summed E-state index contributed by atoms with van der Waals surface area (Å²) in [5.41, 5.74) is 0. The minimum absolute atomic E-state index is 1.06. The average molecular weight is 152 g/mol. The molecule has 0 atom stereocenters. The number of hydrogen-bond donors (Lipinski definition) is 0. The summed E-state index contributed by atoms with van der Waals surface area (Å²) in [6.07, 6.45) is 2.18. The first-order valence-corrected chi connectivity index (χ1v) is 4.18. The number of rotatable bonds is 2. The third-order valence-electron chi connectivity index (χ3n) is 0.481. The van der Waals surface area contributed by atoms with Gasteiger partial charge in [0.2, 0.25) is 0 Å². The van der Waals surface area contributed by atoms with Gasteiger partial charge < -0.3 is 9.90 Å². The molecule has 0 saturated carbocycles. The zero-order valence-corrected chi connectivity index (χ0v) is 6.21. The third-order valence-corrected chi connectivity index (χ3v) is 2.34. The standard InChI is InChI=1S/C3H7NO2S2/c1-7-4(8-2)3(5)6/h1-2H3,(H,5,6)/p-1. The zero-order valence-electron chi connectivity index (χ0n) is 4.58. The van der Waals surface area contributed by atoms with Gasteiger partial charge in [-0.1, -0.05) is 0 Å². The fourth-order valence-corrected chi connectivity index (χ4v) is 1.12. The van der Waals surface area contributed by atoms with Crippen LogP contribution in [0.15, 0.2) is 0 Å². The van der Waals surface area contributed by atoms with Gasteiger partial charge in [-0.25, -0.2) is 3.71 Å². The Morgan fingerprint density at radius 1 is 1.50 bits per heavy atom. The van der Waals surface area contributed by atoms with Crippen molar-refractivity contribution in [3.05, 3.63) is 0 Å². The summed E-state index contributed by atoms with van der Waals surface area (Å²) in [4.78, 5) is 9.93. The molecule has 0 aromatic heterocycles. The molecule has 3 nitrogen and oxygen atoms in total. The Bertz CT molecular complexity index is 83.4. The van der Waals surface area contributed by atoms with Crippen molar-refractivity contribution in [2.45, 2.75) is 0 Å². The highest BCUT2D eigenvalue weighted by molar-refractivity contribution is 8.12. The second kappa shape index (κ2) is 3.91. The summed E-state index contributed by atoms with van der Waals surface area (Å²) in [5.74, 6) is 0. The van der Waals surface area contributed by atoms with Crippen LogP contribution in [0.1, 0.15) is 0 Å². The first-order chi connectivity index (χ1) is 3.72. The van der Waals surface area contributed by atoms with Crippen molar-refractivity contribution in [3.8, 4) is 0 Å². The zero-order chi connectivity index (χ0) is 6.57. The van der Waals surface area contributed by atoms with Crippen LogP contribution in [0.2, 0.25) is 0 Å². The van der Waals surface area contributed by atoms with Crippen LogP contribution in [0.4, 0.5) is 4.79 Å². The second-order valence-corrected chi connectivity index (χ2v) is 2.58. The fraction of sp³-hybridized carbons (Fsp3) is 0.667. The predicted molar refractivity (Wildman–Crippen MR) is 34.3 cm³/mol. The number of carbonyl (C=O) groups is 1. The second-order valence-electron chi connectivity index (χ2n) is 0.888. The normalized spacial score (nSPS) is 8.75. The van der Waals surface area contributed by atoms with Crippen molar-refractivity contribution in [3.63, 3.8) is 0 Å². The number of hydrogen-bond acceptors (Lipinski definition) is 4. The van der Waals surface area contributed by atoms with Crippen LogP contribution in [0.5, 0.6) is 0 Å². The molecule has 0 unspecified atom stereocenters. The van der Waals surface area contributed by atoms with E-state index in [1.54, 1.807) is 12.5 Å². The van der Waals surface area contributed by atoms with E-state index in [0.29, 0.717) is 0 Å². The van der Waals surface area contributed by atoms with Crippen molar-refractivity contribution in [2.75, 3.05) is 12.5 Å². The summed E-state index contributed by atoms with van der Waals surface area (Å²) in [6.45, 7) is 0. The molecule has 0 rings (SSSR count). The fourth-order valence-electron chi connectivity index (χ4n) is 0.224. The van der Waals surface area contributed by atoms with Gasteiger partial charge in [-0.3, -0.25) is 0 Å². The maximum Gasteiger partial charge on any atom is 0.158 e. The minimum atomic E-state index is -1.16. The number of nitrogens with zero attached hydrogens (tertiary/aromatic N) is 1. The molecule has 0 N–H and O–H groups in total. The summed E-state index contributed by atoms with van der Waals surface area (Å²) >= 11 is 2.22. The van der Waals surface area contributed by atoms with E-state index >= 15 is 0 Å². The SMILES string of the molecule is CSN(SC)C(=O)[O-]. The number of carboxylic acid groups (broad SMARTS) is 1. The van der Waals surface area contributed by atoms with Crippen LogP contribution in [-0.4, -0.2) is 22.3 Å². The van der Waals surface area contributed by atoms with E-state index in [0.717, 1.165) is 27.6 Å². The van der Waals surface area contributed by atoms with Gasteiger partial charge in [-0.05, 0) is 23.9 Å². The lowest BCUT2D eigenvalue weighted by molar-refractivity contribution is -0.253. The lowest BCUT2D eigenvalue weighted by atomic mass is 11.3. The van der Waals surface area contributed by atoms with Gasteiger partial charge in [-0.15, -0.1) is 0 Å². The Hall–Kier alpha value is -0.0300. The lowest BCUT2D eigenvalue weighted by Crippen LogP contribution is -2.31. The highest BCUT2D eigenvalue weighted by Gasteiger charge is 1.95. The first-order valence-electron chi connectivity index (χ1n) is 1.81. The molecule has 0 heterocycles. The Kier molecular flexibility index (Phi) is 3.90. The van der Waals surface area contributed by atoms with E-state index in [1.165, 1.54) is 0 Å². The molecule has 0 fully saturated rings. The average Bonchev–Trinajstić information content (AvgIpc) is 1.69. The van der Waals surface area contributed by atoms with E-state index in [9.17, 15) is 9.90 Å². The minimum Gasteiger partial charge on any atom is -0.529 e. The molecule has 0 aliphatic rings. The summed E-state index contributed by atoms with van der Waals surface area (Å²) in [5, 5.41) is 9.93. The lowest BCUT2D eigenvalue weighted by Gasteiger charge is -2.16. The molecule has 5 heteroatoms. The van der Waals surface area contributed by atoms with E-state index < -0.39 is 6.09 Å². The number of carbonyl (C=O) groups excluding carboxylic acids is 1. The highest BCUT2D eigenvalue weighted by Crippen LogP contribution is 2.13. The van der Waals surface area contributed by atoms with Crippen molar-refractivity contribution in [1.82, 2.24) is 3.71 Å². The molecule has 0 bridgehead atoms. The molecular formula is C3H6NO2S2-. The van der Waals surface area contributed by atoms with Gasteiger partial charge in [0.15, 0.2) is 6.09 Å². The van der Waals surface area contributed by atoms with Crippen molar-refractivity contribution < 1.29 is 9.90 Å². The monoisotopic (exact) mass is 152 g/mol. The van der Waals surface area contributed by atoms with Crippen LogP contribution >= 0.6 is 23.9 Å². The Labute approximate surface area is 56.7 Å². The molecular weight excluding hydrogens is 146 g/mol. The van der Waals surface area contributed by atoms with Crippen LogP contribution in [0, 0.1) is 0 Å². The molecule has 0 spiro atoms. The molecule has 0 aliphatic carbocycles. The number of amides is 1. The molecule has 48 valence electrons. The van der Waals surface area contributed by atoms with E-state index in [1.807, 2.05) is 0 Å². The summed E-state index contributed by atoms with van der Waals surface area (Å²) in [6, 6.07) is 0. The largest absolute Gasteiger partial charge is 0.529 e. The molecule has 8 heavy (non-hydrogen) atoms. The smallest absolute Gasteiger partial charge is 0.158 e. The van der Waals surface area contributed by atoms with Crippen LogP contribution < -0.4 is 5.11 Å². The molecule has 0 radical (unpaired) electrons. The Morgan fingerprint density at radius 2 is 1.88 bits per heavy atom. The summed E-state index contributed by atoms with van der Waals surface area (Å²) < 4.78 is 1.06. The molecule has 0 aromatic rings. The highest BCUT2D eigenvalue weighted by atomic mass is 32.2. The van der Waals surface area contributed by atoms with Gasteiger partial charge in [0, 0.05) is 12.5 Å². The summed E-state index contributed by atoms with van der Waals surface area (Å²) in [7, 11) is 0. The van der Waals surface area contributed by atoms with Crippen molar-refractivity contribution >= 4 is 30.0 Å². The third kappa shape index (κ3) is 2.32. The van der Waals surface area contributed by atoms with Gasteiger partial charge >= 0.3 is 0 Å². The first kappa shape index (κ1) is 7.97. The van der Waals surface area contributed by atoms with Crippen molar-refractivity contribution in [2.24, 2.45) is 0 Å². The Morgan fingerprint density at radius 3 is 1.88 bits per heavy atom. The van der Waals surface area contributed by atoms with Gasteiger partial charge in [0.1, 0.15) is 0 Å². The predicted octanol–water partition coefficient (Wildman–Crippen LogP) is 0.188. The van der Waals surface area contributed by atoms with E-state index in [2.05, 4.69) is 0 Å². The maximum atomic E-state index is 9.93. The van der Waals surface area contributed by atoms with Gasteiger partial charge in [0.05, 0.1) is 0 Å². The van der Waals surface area contributed by atoms with Gasteiger partial charge in [-0.2, -0.15) is 0 Å². The molecule has 0 aromatic carbocycles. The van der Waals surface area contributed by atoms with Crippen LogP contribution in [-0.2, 0) is 0 Å². The topological polar surface area (TPSA) is 43.4 Å². The van der Waals surface area contributed by atoms with Crippen LogP contribution in [0.3, 0.4) is 0 Å².